The van der Waals surface area contributed by atoms with E-state index < -0.39 is 0 Å². The molecule has 7 nitrogen and oxygen atoms in total. The molecule has 2 fully saturated rings. The van der Waals surface area contributed by atoms with E-state index in [1.165, 1.54) is 5.56 Å². The Morgan fingerprint density at radius 2 is 1.66 bits per heavy atom. The third kappa shape index (κ3) is 4.58. The van der Waals surface area contributed by atoms with Gasteiger partial charge in [0, 0.05) is 32.1 Å². The van der Waals surface area contributed by atoms with E-state index in [1.807, 2.05) is 47.4 Å². The molecule has 2 aliphatic rings. The lowest BCUT2D eigenvalue weighted by molar-refractivity contribution is -0.148. The van der Waals surface area contributed by atoms with Crippen LogP contribution < -0.4 is 0 Å². The molecule has 2 saturated heterocycles. The summed E-state index contributed by atoms with van der Waals surface area (Å²) in [6.45, 7) is 10.6. The zero-order chi connectivity index (χ0) is 22.8. The normalized spacial score (nSPS) is 22.2. The fourth-order valence-electron chi connectivity index (χ4n) is 4.92. The summed E-state index contributed by atoms with van der Waals surface area (Å²) in [5.41, 5.74) is 3.74. The summed E-state index contributed by atoms with van der Waals surface area (Å²) in [5, 5.41) is 4.52. The Morgan fingerprint density at radius 1 is 1.03 bits per heavy atom. The third-order valence-electron chi connectivity index (χ3n) is 6.58. The summed E-state index contributed by atoms with van der Waals surface area (Å²) >= 11 is 0. The monoisotopic (exact) mass is 438 g/mol. The second-order valence-electron chi connectivity index (χ2n) is 9.17. The average Bonchev–Trinajstić information content (AvgIpc) is 3.22. The highest BCUT2D eigenvalue weighted by molar-refractivity contribution is 5.95. The number of ether oxygens (including phenoxy) is 1. The van der Waals surface area contributed by atoms with Gasteiger partial charge in [0.05, 0.1) is 35.3 Å². The average molecular weight is 439 g/mol. The maximum absolute atomic E-state index is 13.3. The number of rotatable bonds is 4. The highest BCUT2D eigenvalue weighted by Crippen LogP contribution is 2.25. The van der Waals surface area contributed by atoms with Crippen molar-refractivity contribution in [1.29, 1.82) is 0 Å². The molecule has 2 atom stereocenters. The lowest BCUT2D eigenvalue weighted by Gasteiger charge is -2.39. The van der Waals surface area contributed by atoms with Crippen molar-refractivity contribution in [2.45, 2.75) is 59.2 Å². The Bertz CT molecular complexity index is 950. The van der Waals surface area contributed by atoms with Crippen LogP contribution in [0.4, 0.5) is 0 Å². The van der Waals surface area contributed by atoms with Gasteiger partial charge in [-0.25, -0.2) is 4.68 Å². The van der Waals surface area contributed by atoms with Crippen LogP contribution in [-0.4, -0.2) is 69.8 Å². The summed E-state index contributed by atoms with van der Waals surface area (Å²) < 4.78 is 7.62. The quantitative estimate of drug-likeness (QED) is 0.735. The Labute approximate surface area is 190 Å². The Morgan fingerprint density at radius 3 is 2.25 bits per heavy atom. The predicted molar refractivity (Wildman–Crippen MR) is 123 cm³/mol. The molecular weight excluding hydrogens is 404 g/mol. The van der Waals surface area contributed by atoms with Gasteiger partial charge in [-0.15, -0.1) is 0 Å². The van der Waals surface area contributed by atoms with Crippen LogP contribution in [-0.2, 0) is 16.0 Å². The van der Waals surface area contributed by atoms with E-state index in [0.29, 0.717) is 44.6 Å². The van der Waals surface area contributed by atoms with Gasteiger partial charge in [0.15, 0.2) is 0 Å². The fourth-order valence-corrected chi connectivity index (χ4v) is 4.92. The van der Waals surface area contributed by atoms with Gasteiger partial charge in [0.1, 0.15) is 0 Å². The Balaban J connectivity index is 1.41. The molecule has 0 aliphatic carbocycles. The number of benzene rings is 1. The minimum absolute atomic E-state index is 0.0136. The van der Waals surface area contributed by atoms with E-state index in [-0.39, 0.29) is 29.9 Å². The van der Waals surface area contributed by atoms with Gasteiger partial charge < -0.3 is 14.5 Å². The van der Waals surface area contributed by atoms with E-state index in [0.717, 1.165) is 17.8 Å². The summed E-state index contributed by atoms with van der Waals surface area (Å²) in [7, 11) is 0. The van der Waals surface area contributed by atoms with E-state index in [1.54, 1.807) is 6.20 Å². The van der Waals surface area contributed by atoms with E-state index >= 15 is 0 Å². The maximum atomic E-state index is 13.3. The zero-order valence-corrected chi connectivity index (χ0v) is 19.6. The van der Waals surface area contributed by atoms with Gasteiger partial charge in [0.25, 0.3) is 5.91 Å². The molecule has 0 spiro atoms. The maximum Gasteiger partial charge on any atom is 0.257 e. The number of aromatic nitrogens is 2. The Hall–Kier alpha value is -2.67. The van der Waals surface area contributed by atoms with E-state index in [4.69, 9.17) is 4.74 Å². The van der Waals surface area contributed by atoms with Gasteiger partial charge in [-0.05, 0) is 52.2 Å². The molecule has 172 valence electrons. The number of amides is 2. The number of carbonyl (C=O) groups is 2. The lowest BCUT2D eigenvalue weighted by atomic mass is 9.94. The minimum Gasteiger partial charge on any atom is -0.372 e. The van der Waals surface area contributed by atoms with E-state index in [9.17, 15) is 9.59 Å². The van der Waals surface area contributed by atoms with Crippen molar-refractivity contribution in [1.82, 2.24) is 19.6 Å². The first-order chi connectivity index (χ1) is 15.4. The third-order valence-corrected chi connectivity index (χ3v) is 6.58. The van der Waals surface area contributed by atoms with Crippen LogP contribution in [0.25, 0.3) is 5.69 Å². The predicted octanol–water partition coefficient (Wildman–Crippen LogP) is 3.23. The van der Waals surface area contributed by atoms with Gasteiger partial charge in [-0.3, -0.25) is 9.59 Å². The molecule has 32 heavy (non-hydrogen) atoms. The number of aryl methyl sites for hydroxylation is 1. The standard InChI is InChI=1S/C25H34N4O3/c1-5-23-22(14-26-29(23)21-8-6-17(2)7-9-21)25(31)27-12-10-20(11-13-27)24(30)28-15-18(3)32-19(4)16-28/h6-9,14,18-20H,5,10-13,15-16H2,1-4H3. The largest absolute Gasteiger partial charge is 0.372 e. The molecular formula is C25H34N4O3. The van der Waals surface area contributed by atoms with Crippen molar-refractivity contribution >= 4 is 11.8 Å². The first kappa shape index (κ1) is 22.5. The van der Waals surface area contributed by atoms with Crippen molar-refractivity contribution in [3.8, 4) is 5.69 Å². The highest BCUT2D eigenvalue weighted by atomic mass is 16.5. The number of hydrogen-bond acceptors (Lipinski definition) is 4. The summed E-state index contributed by atoms with van der Waals surface area (Å²) in [6, 6.07) is 8.16. The SMILES string of the molecule is CCc1c(C(=O)N2CCC(C(=O)N3CC(C)OC(C)C3)CC2)cnn1-c1ccc(C)cc1. The van der Waals surface area contributed by atoms with Crippen molar-refractivity contribution in [2.24, 2.45) is 5.92 Å². The number of morpholine rings is 1. The number of piperidine rings is 1. The molecule has 0 saturated carbocycles. The van der Waals surface area contributed by atoms with Gasteiger partial charge in [-0.2, -0.15) is 5.10 Å². The van der Waals surface area contributed by atoms with Crippen LogP contribution in [0.1, 0.15) is 55.2 Å². The van der Waals surface area contributed by atoms with Crippen molar-refractivity contribution in [3.63, 3.8) is 0 Å². The smallest absolute Gasteiger partial charge is 0.257 e. The Kier molecular flexibility index (Phi) is 6.65. The molecule has 0 bridgehead atoms. The van der Waals surface area contributed by atoms with Crippen LogP contribution in [0.2, 0.25) is 0 Å². The molecule has 0 N–H and O–H groups in total. The van der Waals surface area contributed by atoms with Crippen LogP contribution in [0.3, 0.4) is 0 Å². The van der Waals surface area contributed by atoms with Crippen LogP contribution in [0, 0.1) is 12.8 Å². The second-order valence-corrected chi connectivity index (χ2v) is 9.17. The molecule has 2 aliphatic heterocycles. The zero-order valence-electron chi connectivity index (χ0n) is 19.6. The molecule has 4 rings (SSSR count). The van der Waals surface area contributed by atoms with Gasteiger partial charge >= 0.3 is 0 Å². The summed E-state index contributed by atoms with van der Waals surface area (Å²) in [5.74, 6) is 0.206. The van der Waals surface area contributed by atoms with Crippen LogP contribution >= 0.6 is 0 Å². The molecule has 3 heterocycles. The molecule has 2 aromatic rings. The van der Waals surface area contributed by atoms with Crippen LogP contribution in [0.15, 0.2) is 30.5 Å². The van der Waals surface area contributed by atoms with Crippen molar-refractivity contribution in [3.05, 3.63) is 47.3 Å². The lowest BCUT2D eigenvalue weighted by Crippen LogP contribution is -2.51. The molecule has 1 aromatic carbocycles. The molecule has 2 amide bonds. The number of hydrogen-bond donors (Lipinski definition) is 0. The minimum atomic E-state index is -0.0162. The van der Waals surface area contributed by atoms with Crippen molar-refractivity contribution < 1.29 is 14.3 Å². The number of nitrogens with zero attached hydrogens (tertiary/aromatic N) is 4. The topological polar surface area (TPSA) is 67.7 Å². The molecule has 7 heteroatoms. The van der Waals surface area contributed by atoms with Crippen molar-refractivity contribution in [2.75, 3.05) is 26.2 Å². The molecule has 2 unspecified atom stereocenters. The summed E-state index contributed by atoms with van der Waals surface area (Å²) in [6.07, 6.45) is 3.96. The molecule has 1 aromatic heterocycles. The van der Waals surface area contributed by atoms with Crippen LogP contribution in [0.5, 0.6) is 0 Å². The first-order valence-electron chi connectivity index (χ1n) is 11.7. The first-order valence-corrected chi connectivity index (χ1v) is 11.7. The highest BCUT2D eigenvalue weighted by Gasteiger charge is 2.34. The number of likely N-dealkylation sites (tertiary alicyclic amines) is 1. The second kappa shape index (κ2) is 9.45. The molecule has 0 radical (unpaired) electrons. The van der Waals surface area contributed by atoms with Gasteiger partial charge in [-0.1, -0.05) is 24.6 Å². The number of carbonyl (C=O) groups excluding carboxylic acids is 2. The van der Waals surface area contributed by atoms with E-state index in [2.05, 4.69) is 24.2 Å². The van der Waals surface area contributed by atoms with Gasteiger partial charge in [0.2, 0.25) is 5.91 Å². The fraction of sp³-hybridized carbons (Fsp3) is 0.560. The summed E-state index contributed by atoms with van der Waals surface area (Å²) in [4.78, 5) is 30.2.